The Bertz CT molecular complexity index is 521. The third-order valence-corrected chi connectivity index (χ3v) is 4.71. The van der Waals surface area contributed by atoms with Gasteiger partial charge in [0, 0.05) is 12.7 Å². The first-order chi connectivity index (χ1) is 8.95. The Kier molecular flexibility index (Phi) is 4.07. The second-order valence-corrected chi connectivity index (χ2v) is 6.75. The van der Waals surface area contributed by atoms with E-state index in [2.05, 4.69) is 10.3 Å². The highest BCUT2D eigenvalue weighted by Gasteiger charge is 2.32. The van der Waals surface area contributed by atoms with Gasteiger partial charge in [0.25, 0.3) is 0 Å². The van der Waals surface area contributed by atoms with Crippen molar-refractivity contribution >= 4 is 15.8 Å². The molecule has 0 unspecified atom stereocenters. The van der Waals surface area contributed by atoms with Gasteiger partial charge in [-0.15, -0.1) is 0 Å². The summed E-state index contributed by atoms with van der Waals surface area (Å²) in [5.41, 5.74) is 6.01. The molecule has 0 aliphatic heterocycles. The maximum atomic E-state index is 11.1. The van der Waals surface area contributed by atoms with Gasteiger partial charge in [0.15, 0.2) is 0 Å². The Labute approximate surface area is 113 Å². The predicted molar refractivity (Wildman–Crippen MR) is 74.1 cm³/mol. The minimum absolute atomic E-state index is 0.0208. The minimum Gasteiger partial charge on any atom is -0.369 e. The molecule has 1 aromatic rings. The Hall–Kier alpha value is -1.18. The van der Waals surface area contributed by atoms with E-state index in [4.69, 9.17) is 10.9 Å². The molecule has 19 heavy (non-hydrogen) atoms. The summed E-state index contributed by atoms with van der Waals surface area (Å²) in [7, 11) is -3.68. The highest BCUT2D eigenvalue weighted by Crippen LogP contribution is 2.37. The highest BCUT2D eigenvalue weighted by atomic mass is 32.2. The molecule has 6 nitrogen and oxygen atoms in total. The van der Waals surface area contributed by atoms with Gasteiger partial charge in [-0.25, -0.2) is 18.5 Å². The molecule has 1 aromatic heterocycles. The van der Waals surface area contributed by atoms with Crippen LogP contribution in [0.5, 0.6) is 0 Å². The van der Waals surface area contributed by atoms with Gasteiger partial charge in [0.05, 0.1) is 0 Å². The first kappa shape index (κ1) is 14.2. The molecule has 1 aliphatic rings. The normalized spacial score (nSPS) is 18.4. The van der Waals surface area contributed by atoms with Crippen molar-refractivity contribution in [3.05, 3.63) is 18.3 Å². The van der Waals surface area contributed by atoms with Crippen LogP contribution >= 0.6 is 0 Å². The summed E-state index contributed by atoms with van der Waals surface area (Å²) in [6.07, 6.45) is 5.96. The van der Waals surface area contributed by atoms with Crippen LogP contribution in [0, 0.1) is 5.41 Å². The highest BCUT2D eigenvalue weighted by molar-refractivity contribution is 7.89. The Morgan fingerprint density at radius 1 is 1.32 bits per heavy atom. The molecule has 0 radical (unpaired) electrons. The van der Waals surface area contributed by atoms with Crippen molar-refractivity contribution in [3.8, 4) is 0 Å². The fourth-order valence-electron chi connectivity index (χ4n) is 2.51. The van der Waals surface area contributed by atoms with Crippen LogP contribution in [0.3, 0.4) is 0 Å². The molecule has 0 saturated heterocycles. The molecule has 0 amide bonds. The summed E-state index contributed by atoms with van der Waals surface area (Å²) in [5.74, 6) is 0.645. The van der Waals surface area contributed by atoms with Gasteiger partial charge in [-0.05, 0) is 36.9 Å². The molecule has 106 valence electrons. The minimum atomic E-state index is -3.68. The molecule has 0 spiro atoms. The van der Waals surface area contributed by atoms with Gasteiger partial charge in [-0.1, -0.05) is 12.8 Å². The van der Waals surface area contributed by atoms with E-state index in [0.717, 1.165) is 19.4 Å². The van der Waals surface area contributed by atoms with Gasteiger partial charge < -0.3 is 11.1 Å². The lowest BCUT2D eigenvalue weighted by Crippen LogP contribution is -2.34. The van der Waals surface area contributed by atoms with E-state index in [9.17, 15) is 8.42 Å². The van der Waals surface area contributed by atoms with E-state index in [-0.39, 0.29) is 10.3 Å². The average molecular weight is 284 g/mol. The zero-order chi connectivity index (χ0) is 13.9. The summed E-state index contributed by atoms with van der Waals surface area (Å²) < 4.78 is 22.2. The Morgan fingerprint density at radius 3 is 2.47 bits per heavy atom. The molecule has 5 N–H and O–H groups in total. The SMILES string of the molecule is NCC1(CNc2ccc(S(N)(=O)=O)cn2)CCCC1. The summed E-state index contributed by atoms with van der Waals surface area (Å²) in [5, 5.41) is 8.25. The second-order valence-electron chi connectivity index (χ2n) is 5.19. The number of nitrogens with two attached hydrogens (primary N) is 2. The molecule has 0 bridgehead atoms. The number of nitrogens with one attached hydrogen (secondary N) is 1. The second kappa shape index (κ2) is 5.44. The predicted octanol–water partition coefficient (Wildman–Crippen LogP) is 0.660. The fourth-order valence-corrected chi connectivity index (χ4v) is 2.97. The van der Waals surface area contributed by atoms with Gasteiger partial charge in [-0.2, -0.15) is 0 Å². The smallest absolute Gasteiger partial charge is 0.239 e. The van der Waals surface area contributed by atoms with Crippen LogP contribution in [0.15, 0.2) is 23.2 Å². The molecule has 1 heterocycles. The van der Waals surface area contributed by atoms with E-state index in [1.54, 1.807) is 6.07 Å². The monoisotopic (exact) mass is 284 g/mol. The van der Waals surface area contributed by atoms with E-state index in [1.165, 1.54) is 25.1 Å². The molecular formula is C12H20N4O2S. The standard InChI is InChI=1S/C12H20N4O2S/c13-8-12(5-1-2-6-12)9-16-11-4-3-10(7-15-11)19(14,17)18/h3-4,7H,1-2,5-6,8-9,13H2,(H,15,16)(H2,14,17,18). The lowest BCUT2D eigenvalue weighted by molar-refractivity contribution is 0.332. The quantitative estimate of drug-likeness (QED) is 0.735. The lowest BCUT2D eigenvalue weighted by Gasteiger charge is -2.27. The van der Waals surface area contributed by atoms with Crippen LogP contribution < -0.4 is 16.2 Å². The number of hydrogen-bond donors (Lipinski definition) is 3. The van der Waals surface area contributed by atoms with E-state index < -0.39 is 10.0 Å². The van der Waals surface area contributed by atoms with Crippen molar-refractivity contribution < 1.29 is 8.42 Å². The lowest BCUT2D eigenvalue weighted by atomic mass is 9.86. The van der Waals surface area contributed by atoms with Gasteiger partial charge in [0.1, 0.15) is 10.7 Å². The fraction of sp³-hybridized carbons (Fsp3) is 0.583. The van der Waals surface area contributed by atoms with E-state index >= 15 is 0 Å². The van der Waals surface area contributed by atoms with Crippen molar-refractivity contribution in [1.82, 2.24) is 4.98 Å². The van der Waals surface area contributed by atoms with Crippen LogP contribution in [0.2, 0.25) is 0 Å². The maximum absolute atomic E-state index is 11.1. The first-order valence-corrected chi connectivity index (χ1v) is 7.93. The third kappa shape index (κ3) is 3.43. The van der Waals surface area contributed by atoms with Crippen LogP contribution in [0.25, 0.3) is 0 Å². The summed E-state index contributed by atoms with van der Waals surface area (Å²) in [6, 6.07) is 3.08. The molecule has 0 atom stereocenters. The van der Waals surface area contributed by atoms with Crippen molar-refractivity contribution in [2.45, 2.75) is 30.6 Å². The Balaban J connectivity index is 2.00. The molecular weight excluding hydrogens is 264 g/mol. The van der Waals surface area contributed by atoms with Crippen molar-refractivity contribution in [1.29, 1.82) is 0 Å². The number of nitrogens with zero attached hydrogens (tertiary/aromatic N) is 1. The molecule has 2 rings (SSSR count). The first-order valence-electron chi connectivity index (χ1n) is 6.38. The molecule has 1 saturated carbocycles. The number of pyridine rings is 1. The van der Waals surface area contributed by atoms with Gasteiger partial charge >= 0.3 is 0 Å². The number of primary sulfonamides is 1. The number of sulfonamides is 1. The number of hydrogen-bond acceptors (Lipinski definition) is 5. The van der Waals surface area contributed by atoms with Gasteiger partial charge in [0.2, 0.25) is 10.0 Å². The molecule has 1 fully saturated rings. The topological polar surface area (TPSA) is 111 Å². The largest absolute Gasteiger partial charge is 0.369 e. The number of aromatic nitrogens is 1. The number of rotatable bonds is 5. The number of anilines is 1. The zero-order valence-electron chi connectivity index (χ0n) is 10.8. The third-order valence-electron chi connectivity index (χ3n) is 3.81. The van der Waals surface area contributed by atoms with Crippen molar-refractivity contribution in [2.75, 3.05) is 18.4 Å². The Morgan fingerprint density at radius 2 is 2.00 bits per heavy atom. The maximum Gasteiger partial charge on any atom is 0.239 e. The zero-order valence-corrected chi connectivity index (χ0v) is 11.6. The summed E-state index contributed by atoms with van der Waals surface area (Å²) >= 11 is 0. The van der Waals surface area contributed by atoms with E-state index in [1.807, 2.05) is 0 Å². The molecule has 0 aromatic carbocycles. The van der Waals surface area contributed by atoms with Crippen LogP contribution in [0.4, 0.5) is 5.82 Å². The van der Waals surface area contributed by atoms with Crippen molar-refractivity contribution in [2.24, 2.45) is 16.3 Å². The van der Waals surface area contributed by atoms with Crippen LogP contribution in [-0.4, -0.2) is 26.5 Å². The van der Waals surface area contributed by atoms with Crippen molar-refractivity contribution in [3.63, 3.8) is 0 Å². The van der Waals surface area contributed by atoms with Crippen LogP contribution in [-0.2, 0) is 10.0 Å². The molecule has 1 aliphatic carbocycles. The average Bonchev–Trinajstić information content (AvgIpc) is 2.85. The summed E-state index contributed by atoms with van der Waals surface area (Å²) in [6.45, 7) is 1.43. The molecule has 7 heteroatoms. The van der Waals surface area contributed by atoms with E-state index in [0.29, 0.717) is 12.4 Å². The van der Waals surface area contributed by atoms with Gasteiger partial charge in [-0.3, -0.25) is 0 Å². The summed E-state index contributed by atoms with van der Waals surface area (Å²) in [4.78, 5) is 4.08. The van der Waals surface area contributed by atoms with Crippen LogP contribution in [0.1, 0.15) is 25.7 Å².